The zero-order valence-corrected chi connectivity index (χ0v) is 18.2. The Morgan fingerprint density at radius 2 is 2.11 bits per heavy atom. The second-order valence-corrected chi connectivity index (χ2v) is 7.66. The lowest BCUT2D eigenvalue weighted by molar-refractivity contribution is -0.0459. The van der Waals surface area contributed by atoms with E-state index in [0.717, 1.165) is 40.9 Å². The van der Waals surface area contributed by atoms with Gasteiger partial charge in [-0.15, -0.1) is 19.0 Å². The second-order valence-electron chi connectivity index (χ2n) is 6.74. The number of nitrogens with zero attached hydrogens (tertiary/aromatic N) is 1. The van der Waals surface area contributed by atoms with E-state index in [2.05, 4.69) is 39.5 Å². The Kier molecular flexibility index (Phi) is 9.48. The number of aliphatic hydroxyl groups excluding tert-OH is 1. The highest BCUT2D eigenvalue weighted by atomic mass is 79.9. The lowest BCUT2D eigenvalue weighted by atomic mass is 10.1. The molecule has 1 saturated heterocycles. The number of morpholine rings is 1. The van der Waals surface area contributed by atoms with Crippen LogP contribution >= 0.6 is 28.3 Å². The van der Waals surface area contributed by atoms with Crippen molar-refractivity contribution in [2.24, 2.45) is 0 Å². The highest BCUT2D eigenvalue weighted by Crippen LogP contribution is 2.25. The van der Waals surface area contributed by atoms with Crippen molar-refractivity contribution in [1.82, 2.24) is 4.90 Å². The van der Waals surface area contributed by atoms with Crippen LogP contribution in [0.5, 0.6) is 5.75 Å². The monoisotopic (exact) mass is 467 g/mol. The molecule has 0 spiro atoms. The Labute approximate surface area is 181 Å². The summed E-state index contributed by atoms with van der Waals surface area (Å²) in [6.07, 6.45) is 2.08. The minimum atomic E-state index is -0.553. The first-order chi connectivity index (χ1) is 13.2. The average Bonchev–Trinajstić information content (AvgIpc) is 2.68. The van der Waals surface area contributed by atoms with Gasteiger partial charge in [0, 0.05) is 24.1 Å². The molecular formula is C22H27BrClNO3. The van der Waals surface area contributed by atoms with E-state index >= 15 is 0 Å². The lowest BCUT2D eigenvalue weighted by Crippen LogP contribution is -2.43. The van der Waals surface area contributed by atoms with Crippen molar-refractivity contribution < 1.29 is 14.6 Å². The third kappa shape index (κ3) is 6.61. The van der Waals surface area contributed by atoms with Crippen LogP contribution in [0.4, 0.5) is 0 Å². The number of rotatable bonds is 8. The van der Waals surface area contributed by atoms with Gasteiger partial charge in [-0.3, -0.25) is 4.90 Å². The largest absolute Gasteiger partial charge is 0.491 e. The summed E-state index contributed by atoms with van der Waals surface area (Å²) >= 11 is 3.51. The maximum Gasteiger partial charge on any atom is 0.122 e. The van der Waals surface area contributed by atoms with Crippen LogP contribution in [-0.2, 0) is 11.2 Å². The molecule has 0 radical (unpaired) electrons. The molecule has 1 heterocycles. The van der Waals surface area contributed by atoms with Crippen LogP contribution in [0.25, 0.3) is 0 Å². The fraction of sp³-hybridized carbons (Fsp3) is 0.364. The van der Waals surface area contributed by atoms with Gasteiger partial charge in [0.2, 0.25) is 0 Å². The van der Waals surface area contributed by atoms with Gasteiger partial charge in [-0.05, 0) is 35.7 Å². The molecule has 1 aliphatic rings. The summed E-state index contributed by atoms with van der Waals surface area (Å²) in [5, 5.41) is 10.4. The zero-order chi connectivity index (χ0) is 19.1. The van der Waals surface area contributed by atoms with Crippen molar-refractivity contribution in [2.75, 3.05) is 32.8 Å². The minimum absolute atomic E-state index is 0. The maximum absolute atomic E-state index is 10.4. The topological polar surface area (TPSA) is 41.9 Å². The number of halogens is 2. The molecule has 2 aromatic carbocycles. The average molecular weight is 469 g/mol. The summed E-state index contributed by atoms with van der Waals surface area (Å²) in [7, 11) is 0. The van der Waals surface area contributed by atoms with Gasteiger partial charge >= 0.3 is 0 Å². The Bertz CT molecular complexity index is 758. The van der Waals surface area contributed by atoms with Gasteiger partial charge in [-0.2, -0.15) is 0 Å². The van der Waals surface area contributed by atoms with E-state index in [9.17, 15) is 5.11 Å². The molecule has 2 unspecified atom stereocenters. The number of aliphatic hydroxyl groups is 1. The molecule has 152 valence electrons. The molecule has 0 saturated carbocycles. The Hall–Kier alpha value is -1.37. The van der Waals surface area contributed by atoms with Crippen LogP contribution in [-0.4, -0.2) is 49.0 Å². The summed E-state index contributed by atoms with van der Waals surface area (Å²) in [6, 6.07) is 16.1. The number of ether oxygens (including phenoxy) is 2. The van der Waals surface area contributed by atoms with E-state index in [1.165, 1.54) is 0 Å². The summed E-state index contributed by atoms with van der Waals surface area (Å²) < 4.78 is 12.8. The molecule has 1 aliphatic heterocycles. The Balaban J connectivity index is 0.00000280. The van der Waals surface area contributed by atoms with E-state index < -0.39 is 6.10 Å². The number of benzene rings is 2. The molecule has 28 heavy (non-hydrogen) atoms. The van der Waals surface area contributed by atoms with Gasteiger partial charge in [0.25, 0.3) is 0 Å². The molecular weight excluding hydrogens is 442 g/mol. The van der Waals surface area contributed by atoms with Gasteiger partial charge in [0.15, 0.2) is 0 Å². The first-order valence-electron chi connectivity index (χ1n) is 9.25. The normalized spacial score (nSPS) is 18.1. The summed E-state index contributed by atoms with van der Waals surface area (Å²) in [6.45, 7) is 6.86. The number of allylic oxidation sites excluding steroid dienone is 1. The molecule has 0 aliphatic carbocycles. The van der Waals surface area contributed by atoms with Crippen molar-refractivity contribution in [3.05, 3.63) is 76.8 Å². The van der Waals surface area contributed by atoms with Crippen molar-refractivity contribution in [1.29, 1.82) is 0 Å². The second kappa shape index (κ2) is 11.6. The predicted molar refractivity (Wildman–Crippen MR) is 118 cm³/mol. The first kappa shape index (κ1) is 22.9. The number of hydrogen-bond acceptors (Lipinski definition) is 4. The number of β-amino-alcohol motifs (C(OH)–C–C–N with tert-alkyl or cyclic N) is 1. The van der Waals surface area contributed by atoms with Crippen LogP contribution in [0.1, 0.15) is 17.2 Å². The van der Waals surface area contributed by atoms with Crippen molar-refractivity contribution in [3.8, 4) is 5.75 Å². The van der Waals surface area contributed by atoms with Crippen molar-refractivity contribution in [2.45, 2.75) is 18.6 Å². The van der Waals surface area contributed by atoms with E-state index in [-0.39, 0.29) is 25.1 Å². The van der Waals surface area contributed by atoms with Gasteiger partial charge in [0.1, 0.15) is 18.5 Å². The zero-order valence-electron chi connectivity index (χ0n) is 15.8. The fourth-order valence-corrected chi connectivity index (χ4v) is 3.70. The van der Waals surface area contributed by atoms with Crippen LogP contribution in [0.2, 0.25) is 0 Å². The molecule has 0 aromatic heterocycles. The maximum atomic E-state index is 10.4. The SMILES string of the molecule is C=CCc1ccccc1OCC(O)CN1CCOC(c2cccc(Br)c2)C1.Cl. The highest BCUT2D eigenvalue weighted by Gasteiger charge is 2.24. The van der Waals surface area contributed by atoms with E-state index in [1.807, 2.05) is 42.5 Å². The summed E-state index contributed by atoms with van der Waals surface area (Å²) in [4.78, 5) is 2.23. The number of para-hydroxylation sites is 1. The molecule has 0 amide bonds. The van der Waals surface area contributed by atoms with Gasteiger partial charge in [-0.25, -0.2) is 0 Å². The predicted octanol–water partition coefficient (Wildman–Crippen LogP) is 4.41. The van der Waals surface area contributed by atoms with Crippen LogP contribution < -0.4 is 4.74 Å². The lowest BCUT2D eigenvalue weighted by Gasteiger charge is -2.34. The van der Waals surface area contributed by atoms with Crippen molar-refractivity contribution >= 4 is 28.3 Å². The fourth-order valence-electron chi connectivity index (χ4n) is 3.28. The van der Waals surface area contributed by atoms with E-state index in [1.54, 1.807) is 0 Å². The molecule has 0 bridgehead atoms. The minimum Gasteiger partial charge on any atom is -0.491 e. The van der Waals surface area contributed by atoms with Crippen LogP contribution in [0, 0.1) is 0 Å². The molecule has 1 fully saturated rings. The third-order valence-corrected chi connectivity index (χ3v) is 5.10. The summed E-state index contributed by atoms with van der Waals surface area (Å²) in [5.41, 5.74) is 2.24. The van der Waals surface area contributed by atoms with Crippen molar-refractivity contribution in [3.63, 3.8) is 0 Å². The molecule has 2 aromatic rings. The highest BCUT2D eigenvalue weighted by molar-refractivity contribution is 9.10. The van der Waals surface area contributed by atoms with Crippen LogP contribution in [0.3, 0.4) is 0 Å². The Morgan fingerprint density at radius 3 is 2.89 bits per heavy atom. The smallest absolute Gasteiger partial charge is 0.122 e. The van der Waals surface area contributed by atoms with Crippen LogP contribution in [0.15, 0.2) is 65.7 Å². The van der Waals surface area contributed by atoms with Gasteiger partial charge in [-0.1, -0.05) is 52.3 Å². The first-order valence-corrected chi connectivity index (χ1v) is 10.0. The molecule has 3 rings (SSSR count). The van der Waals surface area contributed by atoms with E-state index in [0.29, 0.717) is 13.2 Å². The summed E-state index contributed by atoms with van der Waals surface area (Å²) in [5.74, 6) is 0.811. The molecule has 1 N–H and O–H groups in total. The quantitative estimate of drug-likeness (QED) is 0.583. The molecule has 4 nitrogen and oxygen atoms in total. The number of hydrogen-bond donors (Lipinski definition) is 1. The van der Waals surface area contributed by atoms with E-state index in [4.69, 9.17) is 9.47 Å². The molecule has 2 atom stereocenters. The Morgan fingerprint density at radius 1 is 1.29 bits per heavy atom. The third-order valence-electron chi connectivity index (χ3n) is 4.61. The molecule has 6 heteroatoms. The van der Waals surface area contributed by atoms with Gasteiger partial charge in [0.05, 0.1) is 12.7 Å². The standard InChI is InChI=1S/C22H26BrNO3.ClH/c1-2-6-17-7-3-4-10-21(17)27-16-20(25)14-24-11-12-26-22(15-24)18-8-5-9-19(23)13-18;/h2-5,7-10,13,20,22,25H,1,6,11-12,14-16H2;1H. The van der Waals surface area contributed by atoms with Gasteiger partial charge < -0.3 is 14.6 Å².